The third-order valence-electron chi connectivity index (χ3n) is 5.99. The predicted octanol–water partition coefficient (Wildman–Crippen LogP) is 5.27. The van der Waals surface area contributed by atoms with Crippen LogP contribution in [0.25, 0.3) is 11.4 Å². The van der Waals surface area contributed by atoms with Crippen molar-refractivity contribution in [1.29, 1.82) is 0 Å². The zero-order chi connectivity index (χ0) is 25.8. The van der Waals surface area contributed by atoms with Crippen LogP contribution >= 0.6 is 0 Å². The highest BCUT2D eigenvalue weighted by Gasteiger charge is 2.18. The van der Waals surface area contributed by atoms with Crippen LogP contribution in [0.5, 0.6) is 23.0 Å². The lowest BCUT2D eigenvalue weighted by molar-refractivity contribution is 0.0945. The van der Waals surface area contributed by atoms with Gasteiger partial charge in [-0.1, -0.05) is 23.4 Å². The largest absolute Gasteiger partial charge is 0.504 e. The van der Waals surface area contributed by atoms with E-state index in [4.69, 9.17) is 9.26 Å². The molecule has 4 rings (SSSR count). The van der Waals surface area contributed by atoms with E-state index in [0.29, 0.717) is 11.1 Å². The number of Topliss-reactive ketones (excluding diaryl/α,β-unsaturated/α-hetero) is 1. The van der Waals surface area contributed by atoms with Crippen molar-refractivity contribution in [3.05, 3.63) is 82.7 Å². The molecule has 0 aliphatic rings. The molecule has 0 saturated carbocycles. The van der Waals surface area contributed by atoms with Crippen molar-refractivity contribution >= 4 is 5.78 Å². The second-order valence-corrected chi connectivity index (χ2v) is 8.99. The number of phenolic OH excluding ortho intramolecular Hbond substituents is 2. The normalized spacial score (nSPS) is 11.9. The molecule has 0 aliphatic heterocycles. The number of carbonyl (C=O) groups is 1. The van der Waals surface area contributed by atoms with Gasteiger partial charge in [-0.2, -0.15) is 4.98 Å². The lowest BCUT2D eigenvalue weighted by Gasteiger charge is -2.13. The van der Waals surface area contributed by atoms with Gasteiger partial charge in [0.2, 0.25) is 11.6 Å². The van der Waals surface area contributed by atoms with Crippen molar-refractivity contribution in [2.24, 2.45) is 0 Å². The Morgan fingerprint density at radius 2 is 1.69 bits per heavy atom. The van der Waals surface area contributed by atoms with Crippen LogP contribution in [0.15, 0.2) is 59.1 Å². The molecule has 0 saturated heterocycles. The van der Waals surface area contributed by atoms with Gasteiger partial charge < -0.3 is 24.8 Å². The Balaban J connectivity index is 1.29. The molecule has 1 atom stereocenters. The van der Waals surface area contributed by atoms with Gasteiger partial charge in [0.25, 0.3) is 5.89 Å². The van der Waals surface area contributed by atoms with E-state index in [1.807, 2.05) is 49.4 Å². The third-order valence-corrected chi connectivity index (χ3v) is 5.99. The Morgan fingerprint density at radius 1 is 0.972 bits per heavy atom. The van der Waals surface area contributed by atoms with Crippen LogP contribution in [-0.2, 0) is 6.42 Å². The monoisotopic (exact) mass is 487 g/mol. The van der Waals surface area contributed by atoms with Gasteiger partial charge in [0.15, 0.2) is 11.5 Å². The number of hydrogen-bond acceptors (Lipinski definition) is 8. The fourth-order valence-corrected chi connectivity index (χ4v) is 3.72. The van der Waals surface area contributed by atoms with Gasteiger partial charge in [-0.15, -0.1) is 0 Å². The highest BCUT2D eigenvalue weighted by molar-refractivity contribution is 5.93. The van der Waals surface area contributed by atoms with Crippen LogP contribution in [0.1, 0.15) is 39.9 Å². The number of ketones is 1. The van der Waals surface area contributed by atoms with Crippen molar-refractivity contribution < 1.29 is 24.3 Å². The number of aromatic nitrogens is 2. The average molecular weight is 488 g/mol. The first-order valence-electron chi connectivity index (χ1n) is 11.7. The number of aryl methyl sites for hydroxylation is 3. The molecule has 3 N–H and O–H groups in total. The second-order valence-electron chi connectivity index (χ2n) is 8.99. The number of ether oxygens (including phenoxy) is 1. The molecule has 1 heterocycles. The lowest BCUT2D eigenvalue weighted by atomic mass is 10.1. The fourth-order valence-electron chi connectivity index (χ4n) is 3.72. The Labute approximate surface area is 209 Å². The first kappa shape index (κ1) is 24.9. The smallest absolute Gasteiger partial charge is 0.295 e. The fraction of sp³-hybridized carbons (Fsp3) is 0.250. The van der Waals surface area contributed by atoms with Gasteiger partial charge in [0, 0.05) is 11.6 Å². The van der Waals surface area contributed by atoms with E-state index in [-0.39, 0.29) is 41.6 Å². The number of hydrogen-bond donors (Lipinski definition) is 3. The van der Waals surface area contributed by atoms with Crippen LogP contribution in [-0.4, -0.2) is 38.7 Å². The number of rotatable bonds is 9. The minimum atomic E-state index is -0.336. The molecule has 0 amide bonds. The quantitative estimate of drug-likeness (QED) is 0.216. The number of nitrogens with one attached hydrogen (secondary N) is 1. The number of benzene rings is 3. The summed E-state index contributed by atoms with van der Waals surface area (Å²) in [6, 6.07) is 16.9. The van der Waals surface area contributed by atoms with Crippen molar-refractivity contribution in [3.8, 4) is 34.4 Å². The third kappa shape index (κ3) is 5.90. The average Bonchev–Trinajstić information content (AvgIpc) is 3.35. The van der Waals surface area contributed by atoms with E-state index in [9.17, 15) is 15.0 Å². The molecule has 0 fully saturated rings. The van der Waals surface area contributed by atoms with E-state index in [1.54, 1.807) is 13.0 Å². The topological polar surface area (TPSA) is 118 Å². The van der Waals surface area contributed by atoms with Gasteiger partial charge in [-0.25, -0.2) is 0 Å². The van der Waals surface area contributed by atoms with Crippen LogP contribution in [0.4, 0.5) is 0 Å². The zero-order valence-corrected chi connectivity index (χ0v) is 20.7. The van der Waals surface area contributed by atoms with E-state index in [0.717, 1.165) is 23.5 Å². The number of aromatic hydroxyl groups is 2. The first-order chi connectivity index (χ1) is 17.2. The first-order valence-corrected chi connectivity index (χ1v) is 11.7. The molecule has 0 radical (unpaired) electrons. The molecule has 8 nitrogen and oxygen atoms in total. The standard InChI is InChI=1S/C28H29N3O5/c1-16-5-8-23(12-17(16)2)35-22-9-6-20(7-10-22)13-19(4)29-15-25(33)28-30-27(31-36-28)21-11-18(3)26(34)24(32)14-21/h5-12,14,19,29,32,34H,13,15H2,1-4H3/t19-/m1/s1. The van der Waals surface area contributed by atoms with Crippen LogP contribution in [0, 0.1) is 20.8 Å². The molecule has 36 heavy (non-hydrogen) atoms. The maximum Gasteiger partial charge on any atom is 0.295 e. The van der Waals surface area contributed by atoms with Crippen LogP contribution in [0.2, 0.25) is 0 Å². The minimum absolute atomic E-state index is 0.0274. The molecule has 4 aromatic rings. The zero-order valence-electron chi connectivity index (χ0n) is 20.7. The van der Waals surface area contributed by atoms with E-state index in [1.165, 1.54) is 17.2 Å². The van der Waals surface area contributed by atoms with Crippen LogP contribution < -0.4 is 10.1 Å². The van der Waals surface area contributed by atoms with Gasteiger partial charge in [0.1, 0.15) is 11.5 Å². The molecule has 0 bridgehead atoms. The van der Waals surface area contributed by atoms with Crippen molar-refractivity contribution in [1.82, 2.24) is 15.5 Å². The van der Waals surface area contributed by atoms with Gasteiger partial charge in [-0.3, -0.25) is 4.79 Å². The SMILES string of the molecule is Cc1ccc(Oc2ccc(C[C@@H](C)NCC(=O)c3nc(-c4cc(C)c(O)c(O)c4)no3)cc2)cc1C. The lowest BCUT2D eigenvalue weighted by Crippen LogP contribution is -2.33. The summed E-state index contributed by atoms with van der Waals surface area (Å²) in [6.07, 6.45) is 0.721. The summed E-state index contributed by atoms with van der Waals surface area (Å²) in [5.41, 5.74) is 4.42. The molecular formula is C28H29N3O5. The van der Waals surface area contributed by atoms with Gasteiger partial charge in [-0.05, 0) is 92.8 Å². The Kier molecular flexibility index (Phi) is 7.36. The summed E-state index contributed by atoms with van der Waals surface area (Å²) < 4.78 is 11.1. The molecule has 3 aromatic carbocycles. The molecular weight excluding hydrogens is 458 g/mol. The Hall–Kier alpha value is -4.17. The van der Waals surface area contributed by atoms with Crippen molar-refractivity contribution in [2.75, 3.05) is 6.54 Å². The summed E-state index contributed by atoms with van der Waals surface area (Å²) in [4.78, 5) is 16.7. The Bertz CT molecular complexity index is 1360. The predicted molar refractivity (Wildman–Crippen MR) is 136 cm³/mol. The summed E-state index contributed by atoms with van der Waals surface area (Å²) in [5.74, 6) is 0.777. The molecule has 186 valence electrons. The van der Waals surface area contributed by atoms with E-state index >= 15 is 0 Å². The second kappa shape index (κ2) is 10.6. The molecule has 0 unspecified atom stereocenters. The van der Waals surface area contributed by atoms with E-state index in [2.05, 4.69) is 29.3 Å². The summed E-state index contributed by atoms with van der Waals surface area (Å²) in [6.45, 7) is 7.80. The minimum Gasteiger partial charge on any atom is -0.504 e. The van der Waals surface area contributed by atoms with Crippen LogP contribution in [0.3, 0.4) is 0 Å². The van der Waals surface area contributed by atoms with Gasteiger partial charge in [0.05, 0.1) is 6.54 Å². The summed E-state index contributed by atoms with van der Waals surface area (Å²) >= 11 is 0. The number of phenols is 2. The van der Waals surface area contributed by atoms with Crippen molar-refractivity contribution in [3.63, 3.8) is 0 Å². The highest BCUT2D eigenvalue weighted by Crippen LogP contribution is 2.33. The van der Waals surface area contributed by atoms with E-state index < -0.39 is 0 Å². The molecule has 0 aliphatic carbocycles. The molecule has 8 heteroatoms. The number of carbonyl (C=O) groups excluding carboxylic acids is 1. The highest BCUT2D eigenvalue weighted by atomic mass is 16.5. The molecule has 0 spiro atoms. The van der Waals surface area contributed by atoms with Gasteiger partial charge >= 0.3 is 0 Å². The summed E-state index contributed by atoms with van der Waals surface area (Å²) in [7, 11) is 0. The maximum atomic E-state index is 12.5. The molecule has 1 aromatic heterocycles. The number of nitrogens with zero attached hydrogens (tertiary/aromatic N) is 2. The summed E-state index contributed by atoms with van der Waals surface area (Å²) in [5, 5.41) is 26.5. The maximum absolute atomic E-state index is 12.5. The Morgan fingerprint density at radius 3 is 2.39 bits per heavy atom. The van der Waals surface area contributed by atoms with Crippen molar-refractivity contribution in [2.45, 2.75) is 40.2 Å².